The van der Waals surface area contributed by atoms with Crippen molar-refractivity contribution in [2.24, 2.45) is 0 Å². The third-order valence-electron chi connectivity index (χ3n) is 3.84. The highest BCUT2D eigenvalue weighted by Crippen LogP contribution is 2.49. The Labute approximate surface area is 167 Å². The van der Waals surface area contributed by atoms with E-state index < -0.39 is 13.6 Å². The number of hydrogen-bond acceptors (Lipinski definition) is 7. The highest BCUT2D eigenvalue weighted by atomic mass is 31.2. The van der Waals surface area contributed by atoms with Crippen LogP contribution in [0.5, 0.6) is 0 Å². The molecule has 1 aromatic rings. The van der Waals surface area contributed by atoms with Crippen molar-refractivity contribution in [1.29, 1.82) is 0 Å². The maximum absolute atomic E-state index is 12.3. The lowest BCUT2D eigenvalue weighted by molar-refractivity contribution is -0.148. The second-order valence-corrected chi connectivity index (χ2v) is 8.32. The van der Waals surface area contributed by atoms with E-state index in [1.54, 1.807) is 19.9 Å². The molecule has 1 aliphatic heterocycles. The number of ether oxygens (including phenoxy) is 3. The van der Waals surface area contributed by atoms with Gasteiger partial charge in [0.1, 0.15) is 12.2 Å². The maximum Gasteiger partial charge on any atom is 0.475 e. The Hall–Kier alpha value is -1.05. The van der Waals surface area contributed by atoms with Gasteiger partial charge in [0.15, 0.2) is 5.79 Å². The van der Waals surface area contributed by atoms with Crippen LogP contribution in [0.2, 0.25) is 0 Å². The van der Waals surface area contributed by atoms with Gasteiger partial charge in [-0.3, -0.25) is 13.6 Å². The van der Waals surface area contributed by atoms with Gasteiger partial charge in [0.2, 0.25) is 0 Å². The van der Waals surface area contributed by atoms with Crippen LogP contribution >= 0.6 is 7.82 Å². The lowest BCUT2D eigenvalue weighted by Crippen LogP contribution is -2.26. The monoisotopic (exact) mass is 414 g/mol. The number of hydrogen-bond donors (Lipinski definition) is 0. The minimum Gasteiger partial charge on any atom is -0.374 e. The van der Waals surface area contributed by atoms with Crippen LogP contribution in [-0.2, 0) is 39.0 Å². The first-order valence-corrected chi connectivity index (χ1v) is 11.0. The molecule has 8 heteroatoms. The third-order valence-corrected chi connectivity index (χ3v) is 5.46. The van der Waals surface area contributed by atoms with Gasteiger partial charge < -0.3 is 14.2 Å². The van der Waals surface area contributed by atoms with Crippen LogP contribution in [0.3, 0.4) is 0 Å². The summed E-state index contributed by atoms with van der Waals surface area (Å²) in [4.78, 5) is 0. The molecular formula is C20H31O7P. The van der Waals surface area contributed by atoms with Crippen LogP contribution in [0.25, 0.3) is 0 Å². The first-order valence-electron chi connectivity index (χ1n) is 9.55. The molecule has 0 unspecified atom stereocenters. The fourth-order valence-electron chi connectivity index (χ4n) is 2.77. The Balaban J connectivity index is 1.84. The summed E-state index contributed by atoms with van der Waals surface area (Å²) in [5, 5.41) is 0. The molecular weight excluding hydrogens is 383 g/mol. The fourth-order valence-corrected chi connectivity index (χ4v) is 3.90. The standard InChI is InChI=1S/C20H31O7P/c1-5-23-28(21,24-6-2)25-14-10-13-18-19(27-20(3,4)26-18)16-22-15-17-11-8-7-9-12-17/h7-13,18-19H,5-6,14-16H2,1-4H3/b13-10+/t18-,19-/m0/s1. The highest BCUT2D eigenvalue weighted by molar-refractivity contribution is 7.48. The zero-order valence-electron chi connectivity index (χ0n) is 17.0. The van der Waals surface area contributed by atoms with Gasteiger partial charge in [0, 0.05) is 0 Å². The zero-order chi connectivity index (χ0) is 20.5. The number of rotatable bonds is 12. The molecule has 0 saturated carbocycles. The molecule has 0 aliphatic carbocycles. The van der Waals surface area contributed by atoms with Gasteiger partial charge in [-0.25, -0.2) is 4.57 Å². The van der Waals surface area contributed by atoms with Crippen molar-refractivity contribution < 1.29 is 32.3 Å². The predicted octanol–water partition coefficient (Wildman–Crippen LogP) is 4.48. The molecule has 1 aromatic carbocycles. The molecule has 0 N–H and O–H groups in total. The Bertz CT molecular complexity index is 637. The van der Waals surface area contributed by atoms with Gasteiger partial charge in [-0.15, -0.1) is 0 Å². The highest BCUT2D eigenvalue weighted by Gasteiger charge is 2.40. The Morgan fingerprint density at radius 3 is 2.39 bits per heavy atom. The van der Waals surface area contributed by atoms with Gasteiger partial charge in [0.25, 0.3) is 0 Å². The topological polar surface area (TPSA) is 72.5 Å². The Morgan fingerprint density at radius 2 is 1.75 bits per heavy atom. The van der Waals surface area contributed by atoms with E-state index in [0.717, 1.165) is 5.56 Å². The number of phosphoric acid groups is 1. The fraction of sp³-hybridized carbons (Fsp3) is 0.600. The average Bonchev–Trinajstić information content (AvgIpc) is 2.94. The van der Waals surface area contributed by atoms with E-state index in [1.807, 2.05) is 50.3 Å². The largest absolute Gasteiger partial charge is 0.475 e. The van der Waals surface area contributed by atoms with Crippen LogP contribution in [0.1, 0.15) is 33.3 Å². The molecule has 1 saturated heterocycles. The maximum atomic E-state index is 12.3. The van der Waals surface area contributed by atoms with Crippen LogP contribution in [-0.4, -0.2) is 44.4 Å². The molecule has 0 radical (unpaired) electrons. The lowest BCUT2D eigenvalue weighted by atomic mass is 10.2. The molecule has 0 spiro atoms. The van der Waals surface area contributed by atoms with Gasteiger partial charge in [-0.05, 0) is 33.3 Å². The summed E-state index contributed by atoms with van der Waals surface area (Å²) in [5.41, 5.74) is 1.10. The molecule has 0 aromatic heterocycles. The number of benzene rings is 1. The summed E-state index contributed by atoms with van der Waals surface area (Å²) in [7, 11) is -3.52. The zero-order valence-corrected chi connectivity index (χ0v) is 17.9. The van der Waals surface area contributed by atoms with Gasteiger partial charge in [0.05, 0.1) is 33.0 Å². The normalized spacial score (nSPS) is 22.1. The van der Waals surface area contributed by atoms with Crippen LogP contribution < -0.4 is 0 Å². The second-order valence-electron chi connectivity index (χ2n) is 6.65. The van der Waals surface area contributed by atoms with E-state index in [1.165, 1.54) is 0 Å². The van der Waals surface area contributed by atoms with Gasteiger partial charge >= 0.3 is 7.82 Å². The minimum absolute atomic E-state index is 0.0785. The quantitative estimate of drug-likeness (QED) is 0.369. The summed E-state index contributed by atoms with van der Waals surface area (Å²) in [5.74, 6) is -0.706. The minimum atomic E-state index is -3.52. The summed E-state index contributed by atoms with van der Waals surface area (Å²) >= 11 is 0. The van der Waals surface area contributed by atoms with Crippen molar-refractivity contribution in [2.75, 3.05) is 26.4 Å². The molecule has 0 bridgehead atoms. The van der Waals surface area contributed by atoms with Crippen LogP contribution in [0, 0.1) is 0 Å². The van der Waals surface area contributed by atoms with E-state index in [4.69, 9.17) is 27.8 Å². The molecule has 2 atom stereocenters. The predicted molar refractivity (Wildman–Crippen MR) is 106 cm³/mol. The van der Waals surface area contributed by atoms with E-state index in [-0.39, 0.29) is 32.0 Å². The first-order chi connectivity index (χ1) is 13.4. The Kier molecular flexibility index (Phi) is 9.31. The van der Waals surface area contributed by atoms with Gasteiger partial charge in [-0.1, -0.05) is 42.5 Å². The van der Waals surface area contributed by atoms with Crippen LogP contribution in [0.4, 0.5) is 0 Å². The van der Waals surface area contributed by atoms with E-state index in [9.17, 15) is 4.57 Å². The molecule has 1 heterocycles. The van der Waals surface area contributed by atoms with Crippen molar-refractivity contribution in [1.82, 2.24) is 0 Å². The molecule has 2 rings (SSSR count). The molecule has 1 aliphatic rings. The van der Waals surface area contributed by atoms with E-state index >= 15 is 0 Å². The van der Waals surface area contributed by atoms with Crippen molar-refractivity contribution in [3.63, 3.8) is 0 Å². The van der Waals surface area contributed by atoms with E-state index in [2.05, 4.69) is 0 Å². The smallest absolute Gasteiger partial charge is 0.374 e. The molecule has 158 valence electrons. The summed E-state index contributed by atoms with van der Waals surface area (Å²) in [6.45, 7) is 8.66. The first kappa shape index (κ1) is 23.2. The van der Waals surface area contributed by atoms with Crippen LogP contribution in [0.15, 0.2) is 42.5 Å². The van der Waals surface area contributed by atoms with Crippen molar-refractivity contribution in [2.45, 2.75) is 52.3 Å². The summed E-state index contributed by atoms with van der Waals surface area (Å²) < 4.78 is 45.4. The molecule has 1 fully saturated rings. The van der Waals surface area contributed by atoms with Crippen molar-refractivity contribution in [3.8, 4) is 0 Å². The lowest BCUT2D eigenvalue weighted by Gasteiger charge is -2.16. The third kappa shape index (κ3) is 7.76. The SMILES string of the molecule is CCOP(=O)(OCC)OC/C=C/[C@@H]1OC(C)(C)O[C@H]1COCc1ccccc1. The molecule has 7 nitrogen and oxygen atoms in total. The average molecular weight is 414 g/mol. The van der Waals surface area contributed by atoms with Crippen molar-refractivity contribution in [3.05, 3.63) is 48.0 Å². The Morgan fingerprint density at radius 1 is 1.07 bits per heavy atom. The number of phosphoric ester groups is 1. The second kappa shape index (κ2) is 11.2. The van der Waals surface area contributed by atoms with Crippen molar-refractivity contribution >= 4 is 7.82 Å². The van der Waals surface area contributed by atoms with E-state index in [0.29, 0.717) is 13.2 Å². The summed E-state index contributed by atoms with van der Waals surface area (Å²) in [6, 6.07) is 9.95. The summed E-state index contributed by atoms with van der Waals surface area (Å²) in [6.07, 6.45) is 3.01. The molecule has 28 heavy (non-hydrogen) atoms. The van der Waals surface area contributed by atoms with Gasteiger partial charge in [-0.2, -0.15) is 0 Å². The molecule has 0 amide bonds.